The summed E-state index contributed by atoms with van der Waals surface area (Å²) in [6, 6.07) is 6.60. The van der Waals surface area contributed by atoms with E-state index in [-0.39, 0.29) is 11.9 Å². The monoisotopic (exact) mass is 300 g/mol. The van der Waals surface area contributed by atoms with E-state index in [9.17, 15) is 4.39 Å². The third-order valence-electron chi connectivity index (χ3n) is 3.63. The van der Waals surface area contributed by atoms with Crippen LogP contribution in [0.3, 0.4) is 0 Å². The number of hydrogen-bond donors (Lipinski definition) is 0. The van der Waals surface area contributed by atoms with Gasteiger partial charge in [-0.2, -0.15) is 10.1 Å². The predicted octanol–water partition coefficient (Wildman–Crippen LogP) is 3.61. The zero-order valence-corrected chi connectivity index (χ0v) is 13.0. The average molecular weight is 300 g/mol. The molecule has 0 N–H and O–H groups in total. The lowest BCUT2D eigenvalue weighted by Gasteiger charge is -2.09. The van der Waals surface area contributed by atoms with E-state index in [4.69, 9.17) is 4.52 Å². The number of benzene rings is 1. The Kier molecular flexibility index (Phi) is 3.52. The molecule has 0 fully saturated rings. The van der Waals surface area contributed by atoms with Crippen molar-refractivity contribution in [3.63, 3.8) is 0 Å². The highest BCUT2D eigenvalue weighted by molar-refractivity contribution is 5.55. The van der Waals surface area contributed by atoms with E-state index in [1.807, 2.05) is 31.5 Å². The van der Waals surface area contributed by atoms with Gasteiger partial charge in [-0.25, -0.2) is 4.39 Å². The normalized spacial score (nSPS) is 12.6. The first-order valence-corrected chi connectivity index (χ1v) is 7.08. The average Bonchev–Trinajstić information content (AvgIpc) is 3.08. The molecule has 22 heavy (non-hydrogen) atoms. The quantitative estimate of drug-likeness (QED) is 0.741. The molecule has 0 saturated carbocycles. The van der Waals surface area contributed by atoms with E-state index in [1.54, 1.807) is 19.1 Å². The second kappa shape index (κ2) is 5.36. The van der Waals surface area contributed by atoms with Crippen molar-refractivity contribution in [1.82, 2.24) is 19.9 Å². The summed E-state index contributed by atoms with van der Waals surface area (Å²) in [4.78, 5) is 4.42. The highest BCUT2D eigenvalue weighted by Gasteiger charge is 2.19. The smallest absolute Gasteiger partial charge is 0.251 e. The molecule has 0 aliphatic carbocycles. The fourth-order valence-corrected chi connectivity index (χ4v) is 2.45. The largest absolute Gasteiger partial charge is 0.337 e. The van der Waals surface area contributed by atoms with Crippen LogP contribution >= 0.6 is 0 Å². The molecule has 6 heteroatoms. The first kappa shape index (κ1) is 14.4. The molecular formula is C16H17FN4O. The molecule has 2 heterocycles. The maximum Gasteiger partial charge on any atom is 0.251 e. The summed E-state index contributed by atoms with van der Waals surface area (Å²) in [5.41, 5.74) is 3.26. The molecule has 1 aromatic carbocycles. The number of aromatic nitrogens is 4. The molecule has 0 bridgehead atoms. The van der Waals surface area contributed by atoms with Crippen LogP contribution in [0.1, 0.15) is 35.8 Å². The van der Waals surface area contributed by atoms with Gasteiger partial charge in [-0.05, 0) is 57.5 Å². The van der Waals surface area contributed by atoms with Gasteiger partial charge in [0.05, 0.1) is 5.69 Å². The molecule has 0 saturated heterocycles. The number of hydrogen-bond acceptors (Lipinski definition) is 4. The third kappa shape index (κ3) is 2.52. The van der Waals surface area contributed by atoms with Gasteiger partial charge in [0, 0.05) is 11.3 Å². The van der Waals surface area contributed by atoms with E-state index in [0.717, 1.165) is 17.0 Å². The van der Waals surface area contributed by atoms with E-state index >= 15 is 0 Å². The lowest BCUT2D eigenvalue weighted by atomic mass is 10.1. The molecule has 3 rings (SSSR count). The van der Waals surface area contributed by atoms with Crippen LogP contribution in [0.15, 0.2) is 28.8 Å². The first-order valence-electron chi connectivity index (χ1n) is 7.08. The topological polar surface area (TPSA) is 56.7 Å². The molecule has 114 valence electrons. The molecule has 2 aromatic heterocycles. The van der Waals surface area contributed by atoms with Crippen LogP contribution in [0.4, 0.5) is 4.39 Å². The standard InChI is InChI=1S/C16H17FN4O/c1-9-7-13(5-6-14(9)17)15-18-16(22-20-15)12(4)21-11(3)8-10(2)19-21/h5-8,12H,1-4H3. The number of nitrogens with zero attached hydrogens (tertiary/aromatic N) is 4. The molecule has 5 nitrogen and oxygen atoms in total. The van der Waals surface area contributed by atoms with Crippen LogP contribution in [-0.4, -0.2) is 19.9 Å². The van der Waals surface area contributed by atoms with Crippen molar-refractivity contribution in [3.05, 3.63) is 52.9 Å². The zero-order chi connectivity index (χ0) is 15.9. The van der Waals surface area contributed by atoms with Gasteiger partial charge in [0.2, 0.25) is 5.82 Å². The van der Waals surface area contributed by atoms with Gasteiger partial charge >= 0.3 is 0 Å². The minimum Gasteiger partial charge on any atom is -0.337 e. The van der Waals surface area contributed by atoms with E-state index in [0.29, 0.717) is 17.3 Å². The van der Waals surface area contributed by atoms with Gasteiger partial charge in [0.1, 0.15) is 11.9 Å². The Bertz CT molecular complexity index is 821. The Balaban J connectivity index is 1.93. The molecule has 0 radical (unpaired) electrons. The second-order valence-corrected chi connectivity index (χ2v) is 5.47. The van der Waals surface area contributed by atoms with Crippen LogP contribution in [0.25, 0.3) is 11.4 Å². The van der Waals surface area contributed by atoms with Crippen molar-refractivity contribution in [1.29, 1.82) is 0 Å². The molecule has 1 atom stereocenters. The first-order chi connectivity index (χ1) is 10.5. The summed E-state index contributed by atoms with van der Waals surface area (Å²) in [5.74, 6) is 0.679. The van der Waals surface area contributed by atoms with Gasteiger partial charge in [0.25, 0.3) is 5.89 Å². The van der Waals surface area contributed by atoms with Crippen LogP contribution in [0.5, 0.6) is 0 Å². The highest BCUT2D eigenvalue weighted by Crippen LogP contribution is 2.23. The summed E-state index contributed by atoms with van der Waals surface area (Å²) in [6.07, 6.45) is 0. The summed E-state index contributed by atoms with van der Waals surface area (Å²) >= 11 is 0. The van der Waals surface area contributed by atoms with Gasteiger partial charge in [-0.15, -0.1) is 0 Å². The summed E-state index contributed by atoms with van der Waals surface area (Å²) < 4.78 is 20.5. The number of halogens is 1. The third-order valence-corrected chi connectivity index (χ3v) is 3.63. The number of rotatable bonds is 3. The lowest BCUT2D eigenvalue weighted by molar-refractivity contribution is 0.334. The Labute approximate surface area is 127 Å². The summed E-state index contributed by atoms with van der Waals surface area (Å²) in [7, 11) is 0. The maximum absolute atomic E-state index is 13.3. The zero-order valence-electron chi connectivity index (χ0n) is 13.0. The molecule has 0 aliphatic heterocycles. The van der Waals surface area contributed by atoms with Crippen molar-refractivity contribution in [2.45, 2.75) is 33.7 Å². The molecular weight excluding hydrogens is 283 g/mol. The highest BCUT2D eigenvalue weighted by atomic mass is 19.1. The van der Waals surface area contributed by atoms with Gasteiger partial charge in [-0.1, -0.05) is 5.16 Å². The van der Waals surface area contributed by atoms with Crippen molar-refractivity contribution in [2.75, 3.05) is 0 Å². The predicted molar refractivity (Wildman–Crippen MR) is 79.9 cm³/mol. The Hall–Kier alpha value is -2.50. The molecule has 3 aromatic rings. The minimum absolute atomic E-state index is 0.156. The fourth-order valence-electron chi connectivity index (χ4n) is 2.45. The van der Waals surface area contributed by atoms with Gasteiger partial charge < -0.3 is 4.52 Å². The van der Waals surface area contributed by atoms with Crippen LogP contribution in [-0.2, 0) is 0 Å². The van der Waals surface area contributed by atoms with Crippen molar-refractivity contribution in [3.8, 4) is 11.4 Å². The lowest BCUT2D eigenvalue weighted by Crippen LogP contribution is -2.10. The van der Waals surface area contributed by atoms with E-state index in [2.05, 4.69) is 15.2 Å². The number of aryl methyl sites for hydroxylation is 3. The van der Waals surface area contributed by atoms with Crippen molar-refractivity contribution < 1.29 is 8.91 Å². The fraction of sp³-hybridized carbons (Fsp3) is 0.312. The van der Waals surface area contributed by atoms with Crippen LogP contribution < -0.4 is 0 Å². The van der Waals surface area contributed by atoms with E-state index in [1.165, 1.54) is 6.07 Å². The van der Waals surface area contributed by atoms with Gasteiger partial charge in [0.15, 0.2) is 0 Å². The minimum atomic E-state index is -0.247. The summed E-state index contributed by atoms with van der Waals surface area (Å²) in [6.45, 7) is 7.58. The molecule has 1 unspecified atom stereocenters. The van der Waals surface area contributed by atoms with Crippen molar-refractivity contribution in [2.24, 2.45) is 0 Å². The molecule has 0 amide bonds. The van der Waals surface area contributed by atoms with Gasteiger partial charge in [-0.3, -0.25) is 4.68 Å². The molecule has 0 aliphatic rings. The maximum atomic E-state index is 13.3. The van der Waals surface area contributed by atoms with Crippen LogP contribution in [0.2, 0.25) is 0 Å². The van der Waals surface area contributed by atoms with E-state index < -0.39 is 0 Å². The second-order valence-electron chi connectivity index (χ2n) is 5.47. The SMILES string of the molecule is Cc1cc(C)n(C(C)c2nc(-c3ccc(F)c(C)c3)no2)n1. The Morgan fingerprint density at radius 1 is 1.18 bits per heavy atom. The Morgan fingerprint density at radius 2 is 1.95 bits per heavy atom. The molecule has 0 spiro atoms. The summed E-state index contributed by atoms with van der Waals surface area (Å²) in [5, 5.41) is 8.42. The van der Waals surface area contributed by atoms with Crippen LogP contribution in [0, 0.1) is 26.6 Å². The van der Waals surface area contributed by atoms with Crippen molar-refractivity contribution >= 4 is 0 Å². The Morgan fingerprint density at radius 3 is 2.59 bits per heavy atom.